The van der Waals surface area contributed by atoms with E-state index in [0.29, 0.717) is 35.8 Å². The van der Waals surface area contributed by atoms with E-state index in [1.807, 2.05) is 13.8 Å². The monoisotopic (exact) mass is 475 g/mol. The second-order valence-electron chi connectivity index (χ2n) is 7.84. The first-order chi connectivity index (χ1) is 15.8. The number of benzene rings is 2. The molecule has 8 nitrogen and oxygen atoms in total. The molecule has 0 aliphatic carbocycles. The minimum atomic E-state index is -3.66. The van der Waals surface area contributed by atoms with Crippen molar-refractivity contribution in [2.24, 2.45) is 0 Å². The molecule has 0 bridgehead atoms. The van der Waals surface area contributed by atoms with Crippen LogP contribution >= 0.6 is 0 Å². The van der Waals surface area contributed by atoms with Crippen molar-refractivity contribution in [2.45, 2.75) is 38.0 Å². The molecule has 1 amide bonds. The first-order valence-corrected chi connectivity index (χ1v) is 12.7. The highest BCUT2D eigenvalue weighted by molar-refractivity contribution is 7.89. The predicted molar refractivity (Wildman–Crippen MR) is 130 cm³/mol. The number of hydrogen-bond acceptors (Lipinski definition) is 6. The smallest absolute Gasteiger partial charge is 0.255 e. The fourth-order valence-electron chi connectivity index (χ4n) is 4.07. The third-order valence-electron chi connectivity index (χ3n) is 5.90. The molecule has 0 radical (unpaired) electrons. The maximum Gasteiger partial charge on any atom is 0.255 e. The highest BCUT2D eigenvalue weighted by Crippen LogP contribution is 2.33. The van der Waals surface area contributed by atoms with Gasteiger partial charge in [-0.1, -0.05) is 13.8 Å². The summed E-state index contributed by atoms with van der Waals surface area (Å²) in [5.41, 5.74) is 1.68. The summed E-state index contributed by atoms with van der Waals surface area (Å²) in [6.45, 7) is 6.09. The van der Waals surface area contributed by atoms with E-state index in [9.17, 15) is 13.2 Å². The number of carbonyl (C=O) groups excluding carboxylic acids is 1. The zero-order valence-corrected chi connectivity index (χ0v) is 20.6. The number of rotatable bonds is 9. The molecule has 1 heterocycles. The molecule has 33 heavy (non-hydrogen) atoms. The van der Waals surface area contributed by atoms with Gasteiger partial charge in [-0.3, -0.25) is 4.79 Å². The number of nitrogens with one attached hydrogen (secondary N) is 1. The van der Waals surface area contributed by atoms with Crippen molar-refractivity contribution in [2.75, 3.05) is 50.6 Å². The van der Waals surface area contributed by atoms with Crippen molar-refractivity contribution in [1.82, 2.24) is 4.31 Å². The van der Waals surface area contributed by atoms with Crippen molar-refractivity contribution in [3.05, 3.63) is 42.0 Å². The third-order valence-corrected chi connectivity index (χ3v) is 7.95. The van der Waals surface area contributed by atoms with Crippen LogP contribution in [0.15, 0.2) is 41.3 Å². The van der Waals surface area contributed by atoms with E-state index in [2.05, 4.69) is 10.2 Å². The van der Waals surface area contributed by atoms with E-state index in [0.717, 1.165) is 38.0 Å². The summed E-state index contributed by atoms with van der Waals surface area (Å²) in [5, 5.41) is 2.94. The van der Waals surface area contributed by atoms with Gasteiger partial charge in [-0.2, -0.15) is 4.31 Å². The Kier molecular flexibility index (Phi) is 8.20. The summed E-state index contributed by atoms with van der Waals surface area (Å²) in [6.07, 6.45) is 3.28. The van der Waals surface area contributed by atoms with Crippen LogP contribution in [0.3, 0.4) is 0 Å². The van der Waals surface area contributed by atoms with Gasteiger partial charge in [0, 0.05) is 31.7 Å². The summed E-state index contributed by atoms with van der Waals surface area (Å²) < 4.78 is 38.2. The summed E-state index contributed by atoms with van der Waals surface area (Å²) >= 11 is 0. The van der Waals surface area contributed by atoms with Crippen molar-refractivity contribution in [3.63, 3.8) is 0 Å². The number of nitrogens with zero attached hydrogens (tertiary/aromatic N) is 2. The van der Waals surface area contributed by atoms with Crippen LogP contribution in [0, 0.1) is 0 Å². The fraction of sp³-hybridized carbons (Fsp3) is 0.458. The van der Waals surface area contributed by atoms with Crippen LogP contribution in [0.4, 0.5) is 11.4 Å². The zero-order chi connectivity index (χ0) is 24.0. The first-order valence-electron chi connectivity index (χ1n) is 11.3. The Morgan fingerprint density at radius 2 is 1.64 bits per heavy atom. The number of ether oxygens (including phenoxy) is 2. The minimum absolute atomic E-state index is 0.162. The normalized spacial score (nSPS) is 14.3. The molecule has 3 rings (SSSR count). The van der Waals surface area contributed by atoms with Gasteiger partial charge in [0.25, 0.3) is 5.91 Å². The molecule has 9 heteroatoms. The highest BCUT2D eigenvalue weighted by atomic mass is 32.2. The quantitative estimate of drug-likeness (QED) is 0.590. The van der Waals surface area contributed by atoms with E-state index >= 15 is 0 Å². The van der Waals surface area contributed by atoms with E-state index in [1.54, 1.807) is 36.4 Å². The van der Waals surface area contributed by atoms with Crippen molar-refractivity contribution < 1.29 is 22.7 Å². The lowest BCUT2D eigenvalue weighted by molar-refractivity contribution is 0.102. The molecule has 1 saturated heterocycles. The molecule has 1 fully saturated rings. The Hall–Kier alpha value is -2.78. The average molecular weight is 476 g/mol. The molecule has 0 aromatic heterocycles. The standard InChI is InChI=1S/C24H33N3O5S/c1-5-27(6-2)33(29,30)19-11-12-21(26-14-8-7-9-15-26)20(17-19)25-24(28)18-10-13-22(31-3)23(16-18)32-4/h10-13,16-17H,5-9,14-15H2,1-4H3,(H,25,28). The largest absolute Gasteiger partial charge is 0.493 e. The molecular weight excluding hydrogens is 442 g/mol. The number of amides is 1. The number of piperidine rings is 1. The van der Waals surface area contributed by atoms with Crippen molar-refractivity contribution in [1.29, 1.82) is 0 Å². The number of methoxy groups -OCH3 is 2. The third kappa shape index (κ3) is 5.42. The summed E-state index contributed by atoms with van der Waals surface area (Å²) in [5.74, 6) is 0.612. The van der Waals surface area contributed by atoms with Gasteiger partial charge in [-0.05, 0) is 55.7 Å². The van der Waals surface area contributed by atoms with Crippen LogP contribution in [0.25, 0.3) is 0 Å². The van der Waals surface area contributed by atoms with Crippen LogP contribution in [0.1, 0.15) is 43.5 Å². The van der Waals surface area contributed by atoms with Crippen LogP contribution in [-0.4, -0.2) is 59.0 Å². The predicted octanol–water partition coefficient (Wildman–Crippen LogP) is 3.98. The molecule has 2 aromatic carbocycles. The lowest BCUT2D eigenvalue weighted by Gasteiger charge is -2.31. The Morgan fingerprint density at radius 1 is 0.970 bits per heavy atom. The molecule has 0 unspecified atom stereocenters. The van der Waals surface area contributed by atoms with Crippen LogP contribution in [0.2, 0.25) is 0 Å². The van der Waals surface area contributed by atoms with Crippen LogP contribution < -0.4 is 19.7 Å². The van der Waals surface area contributed by atoms with E-state index in [1.165, 1.54) is 18.5 Å². The molecular formula is C24H33N3O5S. The van der Waals surface area contributed by atoms with Gasteiger partial charge >= 0.3 is 0 Å². The number of anilines is 2. The van der Waals surface area contributed by atoms with Gasteiger partial charge in [-0.15, -0.1) is 0 Å². The lowest BCUT2D eigenvalue weighted by Crippen LogP contribution is -2.32. The molecule has 1 aliphatic rings. The molecule has 1 N–H and O–H groups in total. The number of hydrogen-bond donors (Lipinski definition) is 1. The maximum atomic E-state index is 13.1. The van der Waals surface area contributed by atoms with Gasteiger partial charge < -0.3 is 19.7 Å². The lowest BCUT2D eigenvalue weighted by atomic mass is 10.1. The Balaban J connectivity index is 2.00. The highest BCUT2D eigenvalue weighted by Gasteiger charge is 2.25. The number of sulfonamides is 1. The first kappa shape index (κ1) is 24.9. The molecule has 180 valence electrons. The van der Waals surface area contributed by atoms with E-state index in [-0.39, 0.29) is 10.8 Å². The van der Waals surface area contributed by atoms with Gasteiger partial charge in [0.1, 0.15) is 0 Å². The Bertz CT molecular complexity index is 1080. The van der Waals surface area contributed by atoms with E-state index in [4.69, 9.17) is 9.47 Å². The van der Waals surface area contributed by atoms with Crippen LogP contribution in [0.5, 0.6) is 11.5 Å². The fourth-order valence-corrected chi connectivity index (χ4v) is 5.56. The maximum absolute atomic E-state index is 13.1. The van der Waals surface area contributed by atoms with E-state index < -0.39 is 10.0 Å². The summed E-state index contributed by atoms with van der Waals surface area (Å²) in [6, 6.07) is 9.91. The van der Waals surface area contributed by atoms with Gasteiger partial charge in [-0.25, -0.2) is 8.42 Å². The molecule has 2 aromatic rings. The van der Waals surface area contributed by atoms with Crippen LogP contribution in [-0.2, 0) is 10.0 Å². The van der Waals surface area contributed by atoms with Gasteiger partial charge in [0.05, 0.1) is 30.5 Å². The topological polar surface area (TPSA) is 88.2 Å². The molecule has 1 aliphatic heterocycles. The Labute approximate surface area is 196 Å². The second-order valence-corrected chi connectivity index (χ2v) is 9.78. The summed E-state index contributed by atoms with van der Waals surface area (Å²) in [7, 11) is -0.623. The minimum Gasteiger partial charge on any atom is -0.493 e. The molecule has 0 spiro atoms. The summed E-state index contributed by atoms with van der Waals surface area (Å²) in [4.78, 5) is 15.5. The Morgan fingerprint density at radius 3 is 2.24 bits per heavy atom. The van der Waals surface area contributed by atoms with Gasteiger partial charge in [0.15, 0.2) is 11.5 Å². The molecule has 0 saturated carbocycles. The number of carbonyl (C=O) groups is 1. The van der Waals surface area contributed by atoms with Crippen molar-refractivity contribution >= 4 is 27.3 Å². The average Bonchev–Trinajstić information content (AvgIpc) is 2.84. The molecule has 0 atom stereocenters. The SMILES string of the molecule is CCN(CC)S(=O)(=O)c1ccc(N2CCCCC2)c(NC(=O)c2ccc(OC)c(OC)c2)c1. The second kappa shape index (κ2) is 10.9. The van der Waals surface area contributed by atoms with Crippen molar-refractivity contribution in [3.8, 4) is 11.5 Å². The van der Waals surface area contributed by atoms with Gasteiger partial charge in [0.2, 0.25) is 10.0 Å². The zero-order valence-electron chi connectivity index (χ0n) is 19.8.